The van der Waals surface area contributed by atoms with E-state index in [9.17, 15) is 4.79 Å². The maximum atomic E-state index is 12.7. The van der Waals surface area contributed by atoms with E-state index in [0.717, 1.165) is 62.8 Å². The Kier molecular flexibility index (Phi) is 6.24. The first-order chi connectivity index (χ1) is 19.7. The van der Waals surface area contributed by atoms with Gasteiger partial charge in [0.15, 0.2) is 5.65 Å². The molecular weight excluding hydrogens is 500 g/mol. The second kappa shape index (κ2) is 10.3. The van der Waals surface area contributed by atoms with E-state index in [2.05, 4.69) is 52.6 Å². The predicted molar refractivity (Wildman–Crippen MR) is 155 cm³/mol. The Morgan fingerprint density at radius 1 is 0.875 bits per heavy atom. The minimum Gasteiger partial charge on any atom is -0.352 e. The zero-order valence-corrected chi connectivity index (χ0v) is 21.9. The number of pyridine rings is 4. The molecule has 0 radical (unpaired) electrons. The van der Waals surface area contributed by atoms with Gasteiger partial charge in [-0.2, -0.15) is 5.10 Å². The summed E-state index contributed by atoms with van der Waals surface area (Å²) in [5, 5.41) is 12.6. The molecule has 6 heterocycles. The van der Waals surface area contributed by atoms with Crippen LogP contribution in [0.15, 0.2) is 73.7 Å². The summed E-state index contributed by atoms with van der Waals surface area (Å²) in [4.78, 5) is 33.8. The second-order valence-electron chi connectivity index (χ2n) is 10.5. The zero-order chi connectivity index (χ0) is 26.9. The Bertz CT molecular complexity index is 1820. The topological polar surface area (TPSA) is 125 Å². The van der Waals surface area contributed by atoms with Crippen LogP contribution in [0.1, 0.15) is 38.5 Å². The first kappa shape index (κ1) is 24.1. The van der Waals surface area contributed by atoms with Crippen LogP contribution in [-0.4, -0.2) is 41.0 Å². The van der Waals surface area contributed by atoms with Crippen LogP contribution in [0.5, 0.6) is 0 Å². The van der Waals surface area contributed by atoms with Gasteiger partial charge >= 0.3 is 0 Å². The van der Waals surface area contributed by atoms with Crippen LogP contribution in [0.3, 0.4) is 0 Å². The van der Waals surface area contributed by atoms with Crippen molar-refractivity contribution in [2.75, 3.05) is 5.32 Å². The molecule has 7 rings (SSSR count). The molecule has 198 valence electrons. The van der Waals surface area contributed by atoms with E-state index in [1.165, 1.54) is 19.3 Å². The number of nitrogens with zero attached hydrogens (tertiary/aromatic N) is 5. The van der Waals surface area contributed by atoms with Crippen LogP contribution >= 0.6 is 0 Å². The lowest BCUT2D eigenvalue weighted by Gasteiger charge is -2.20. The molecule has 1 aliphatic carbocycles. The Balaban J connectivity index is 1.19. The Hall–Kier alpha value is -4.92. The minimum absolute atomic E-state index is 0.0514. The fourth-order valence-corrected chi connectivity index (χ4v) is 5.73. The van der Waals surface area contributed by atoms with Crippen LogP contribution in [0.4, 0.5) is 5.69 Å². The standard InChI is InChI=1S/C31H28N8O/c40-29(9-19-5-2-1-3-6-19)36-23-10-21(14-33-16-23)22-11-25-30(38-39-31(25)35-15-22)27-12-24-26(17-34-18-28(24)37-27)20-7-4-8-32-13-20/h4,7-8,10-19,37H,1-3,5-6,9H2,(H,36,40)(H,35,38,39). The van der Waals surface area contributed by atoms with E-state index in [-0.39, 0.29) is 5.91 Å². The quantitative estimate of drug-likeness (QED) is 0.226. The maximum absolute atomic E-state index is 12.7. The third-order valence-corrected chi connectivity index (χ3v) is 7.75. The average molecular weight is 529 g/mol. The maximum Gasteiger partial charge on any atom is 0.224 e. The summed E-state index contributed by atoms with van der Waals surface area (Å²) in [6.45, 7) is 0. The summed E-state index contributed by atoms with van der Waals surface area (Å²) >= 11 is 0. The van der Waals surface area contributed by atoms with Gasteiger partial charge in [0, 0.05) is 70.4 Å². The van der Waals surface area contributed by atoms with Gasteiger partial charge in [-0.05, 0) is 43.0 Å². The summed E-state index contributed by atoms with van der Waals surface area (Å²) in [5.41, 5.74) is 7.72. The number of hydrogen-bond donors (Lipinski definition) is 3. The van der Waals surface area contributed by atoms with Gasteiger partial charge in [0.2, 0.25) is 5.91 Å². The van der Waals surface area contributed by atoms with Gasteiger partial charge in [-0.1, -0.05) is 25.3 Å². The number of H-pyrrole nitrogens is 2. The van der Waals surface area contributed by atoms with Gasteiger partial charge in [-0.15, -0.1) is 0 Å². The molecule has 6 aromatic rings. The van der Waals surface area contributed by atoms with Crippen molar-refractivity contribution in [1.82, 2.24) is 35.1 Å². The van der Waals surface area contributed by atoms with E-state index in [4.69, 9.17) is 0 Å². The van der Waals surface area contributed by atoms with Gasteiger partial charge in [0.05, 0.1) is 35.0 Å². The van der Waals surface area contributed by atoms with Gasteiger partial charge in [0.25, 0.3) is 0 Å². The summed E-state index contributed by atoms with van der Waals surface area (Å²) in [6.07, 6.45) is 19.1. The van der Waals surface area contributed by atoms with Crippen LogP contribution in [0.2, 0.25) is 0 Å². The number of amides is 1. The van der Waals surface area contributed by atoms with Crippen molar-refractivity contribution in [1.29, 1.82) is 0 Å². The molecule has 0 aliphatic heterocycles. The highest BCUT2D eigenvalue weighted by molar-refractivity contribution is 6.00. The molecule has 0 bridgehead atoms. The lowest BCUT2D eigenvalue weighted by molar-refractivity contribution is -0.117. The first-order valence-electron chi connectivity index (χ1n) is 13.7. The molecular formula is C31H28N8O. The highest BCUT2D eigenvalue weighted by atomic mass is 16.1. The van der Waals surface area contributed by atoms with Gasteiger partial charge in [0.1, 0.15) is 0 Å². The molecule has 6 aromatic heterocycles. The number of carbonyl (C=O) groups is 1. The number of nitrogens with one attached hydrogen (secondary N) is 3. The number of fused-ring (bicyclic) bond motifs is 2. The summed E-state index contributed by atoms with van der Waals surface area (Å²) < 4.78 is 0. The van der Waals surface area contributed by atoms with Crippen LogP contribution < -0.4 is 5.32 Å². The number of hydrogen-bond acceptors (Lipinski definition) is 6. The van der Waals surface area contributed by atoms with Gasteiger partial charge < -0.3 is 10.3 Å². The summed E-state index contributed by atoms with van der Waals surface area (Å²) in [6, 6.07) is 10.0. The average Bonchev–Trinajstić information content (AvgIpc) is 3.62. The largest absolute Gasteiger partial charge is 0.352 e. The fraction of sp³-hybridized carbons (Fsp3) is 0.226. The van der Waals surface area contributed by atoms with Crippen molar-refractivity contribution < 1.29 is 4.79 Å². The van der Waals surface area contributed by atoms with Crippen LogP contribution in [-0.2, 0) is 4.79 Å². The number of carbonyl (C=O) groups excluding carboxylic acids is 1. The van der Waals surface area contributed by atoms with Crippen LogP contribution in [0, 0.1) is 5.92 Å². The third-order valence-electron chi connectivity index (χ3n) is 7.75. The van der Waals surface area contributed by atoms with Gasteiger partial charge in [-0.3, -0.25) is 24.8 Å². The number of aromatic amines is 2. The monoisotopic (exact) mass is 528 g/mol. The number of rotatable bonds is 6. The minimum atomic E-state index is 0.0514. The highest BCUT2D eigenvalue weighted by Gasteiger charge is 2.18. The van der Waals surface area contributed by atoms with E-state index >= 15 is 0 Å². The lowest BCUT2D eigenvalue weighted by Crippen LogP contribution is -2.18. The molecule has 1 aliphatic rings. The lowest BCUT2D eigenvalue weighted by atomic mass is 9.87. The van der Waals surface area contributed by atoms with Crippen molar-refractivity contribution in [3.63, 3.8) is 0 Å². The van der Waals surface area contributed by atoms with E-state index in [0.29, 0.717) is 23.7 Å². The molecule has 0 atom stereocenters. The fourth-order valence-electron chi connectivity index (χ4n) is 5.73. The number of aromatic nitrogens is 7. The SMILES string of the molecule is O=C(CC1CCCCC1)Nc1cncc(-c2cnc3n[nH]c(-c4cc5c(-c6cccnc6)cncc5[nH]4)c3c2)c1. The second-order valence-corrected chi connectivity index (χ2v) is 10.5. The van der Waals surface area contributed by atoms with Crippen molar-refractivity contribution >= 4 is 33.5 Å². The van der Waals surface area contributed by atoms with E-state index < -0.39 is 0 Å². The molecule has 1 amide bonds. The summed E-state index contributed by atoms with van der Waals surface area (Å²) in [7, 11) is 0. The third kappa shape index (κ3) is 4.70. The van der Waals surface area contributed by atoms with Crippen molar-refractivity contribution in [3.05, 3.63) is 73.7 Å². The molecule has 40 heavy (non-hydrogen) atoms. The van der Waals surface area contributed by atoms with E-state index in [1.54, 1.807) is 24.8 Å². The molecule has 0 aromatic carbocycles. The molecule has 9 nitrogen and oxygen atoms in total. The van der Waals surface area contributed by atoms with Crippen molar-refractivity contribution in [3.8, 4) is 33.6 Å². The smallest absolute Gasteiger partial charge is 0.224 e. The molecule has 0 unspecified atom stereocenters. The molecule has 1 saturated carbocycles. The molecule has 0 spiro atoms. The normalized spacial score (nSPS) is 14.1. The van der Waals surface area contributed by atoms with Crippen molar-refractivity contribution in [2.24, 2.45) is 5.92 Å². The predicted octanol–water partition coefficient (Wildman–Crippen LogP) is 6.53. The first-order valence-corrected chi connectivity index (χ1v) is 13.7. The zero-order valence-electron chi connectivity index (χ0n) is 21.9. The van der Waals surface area contributed by atoms with Gasteiger partial charge in [-0.25, -0.2) is 4.98 Å². The van der Waals surface area contributed by atoms with E-state index in [1.807, 2.05) is 36.8 Å². The molecule has 9 heteroatoms. The highest BCUT2D eigenvalue weighted by Crippen LogP contribution is 2.34. The summed E-state index contributed by atoms with van der Waals surface area (Å²) in [5.74, 6) is 0.535. The molecule has 3 N–H and O–H groups in total. The number of anilines is 1. The Labute approximate surface area is 230 Å². The Morgan fingerprint density at radius 3 is 2.60 bits per heavy atom. The van der Waals surface area contributed by atoms with Crippen LogP contribution in [0.25, 0.3) is 55.6 Å². The van der Waals surface area contributed by atoms with Crippen molar-refractivity contribution in [2.45, 2.75) is 38.5 Å². The molecule has 1 fully saturated rings. The molecule has 0 saturated heterocycles. The Morgan fingerprint density at radius 2 is 1.73 bits per heavy atom.